The smallest absolute Gasteiger partial charge is 0.227 e. The fourth-order valence-corrected chi connectivity index (χ4v) is 5.15. The number of thiazole rings is 1. The monoisotopic (exact) mass is 411 g/mol. The maximum Gasteiger partial charge on any atom is 0.227 e. The Morgan fingerprint density at radius 1 is 1.11 bits per heavy atom. The first-order chi connectivity index (χ1) is 13.5. The number of benzene rings is 2. The number of rotatable bonds is 4. The lowest BCUT2D eigenvalue weighted by Gasteiger charge is -2.34. The lowest BCUT2D eigenvalue weighted by Crippen LogP contribution is -2.49. The fourth-order valence-electron chi connectivity index (χ4n) is 3.68. The standard InChI is InChI=1S/C22H25N3OS2/c1-15-12-16(2)21-19(13-15)23-22(28-21)25-10-8-24(9-11-25)20(26)14-17-4-6-18(27-3)7-5-17/h4-7,12-13H,8-11,14H2,1-3H3. The summed E-state index contributed by atoms with van der Waals surface area (Å²) < 4.78 is 1.27. The zero-order chi connectivity index (χ0) is 19.7. The Morgan fingerprint density at radius 2 is 1.82 bits per heavy atom. The van der Waals surface area contributed by atoms with E-state index < -0.39 is 0 Å². The van der Waals surface area contributed by atoms with E-state index in [1.54, 1.807) is 23.1 Å². The number of aryl methyl sites for hydroxylation is 2. The molecule has 0 radical (unpaired) electrons. The van der Waals surface area contributed by atoms with Crippen LogP contribution in [0.15, 0.2) is 41.3 Å². The van der Waals surface area contributed by atoms with Crippen LogP contribution in [0.1, 0.15) is 16.7 Å². The quantitative estimate of drug-likeness (QED) is 0.591. The Balaban J connectivity index is 1.38. The van der Waals surface area contributed by atoms with Crippen LogP contribution in [-0.4, -0.2) is 48.2 Å². The molecular formula is C22H25N3OS2. The van der Waals surface area contributed by atoms with E-state index in [1.165, 1.54) is 20.7 Å². The molecule has 1 amide bonds. The minimum absolute atomic E-state index is 0.215. The van der Waals surface area contributed by atoms with Crippen LogP contribution in [-0.2, 0) is 11.2 Å². The molecule has 1 aliphatic rings. The predicted octanol–water partition coefficient (Wildman–Crippen LogP) is 4.53. The molecule has 4 rings (SSSR count). The number of nitrogens with zero attached hydrogens (tertiary/aromatic N) is 3. The third kappa shape index (κ3) is 4.03. The molecule has 28 heavy (non-hydrogen) atoms. The Bertz CT molecular complexity index is 989. The highest BCUT2D eigenvalue weighted by Crippen LogP contribution is 2.32. The van der Waals surface area contributed by atoms with Crippen LogP contribution in [0.5, 0.6) is 0 Å². The molecule has 4 nitrogen and oxygen atoms in total. The summed E-state index contributed by atoms with van der Waals surface area (Å²) in [5.74, 6) is 0.215. The van der Waals surface area contributed by atoms with Crippen LogP contribution < -0.4 is 4.90 Å². The first kappa shape index (κ1) is 19.3. The van der Waals surface area contributed by atoms with Gasteiger partial charge in [-0.25, -0.2) is 4.98 Å². The summed E-state index contributed by atoms with van der Waals surface area (Å²) in [6.45, 7) is 7.47. The van der Waals surface area contributed by atoms with Crippen LogP contribution in [0, 0.1) is 13.8 Å². The molecule has 0 unspecified atom stereocenters. The molecule has 1 aliphatic heterocycles. The molecule has 2 heterocycles. The summed E-state index contributed by atoms with van der Waals surface area (Å²) in [7, 11) is 0. The van der Waals surface area contributed by atoms with Gasteiger partial charge in [-0.3, -0.25) is 4.79 Å². The molecule has 0 bridgehead atoms. The summed E-state index contributed by atoms with van der Waals surface area (Å²) >= 11 is 3.48. The average Bonchev–Trinajstić information content (AvgIpc) is 3.13. The predicted molar refractivity (Wildman–Crippen MR) is 120 cm³/mol. The van der Waals surface area contributed by atoms with Crippen LogP contribution in [0.3, 0.4) is 0 Å². The Kier molecular flexibility index (Phi) is 5.60. The Labute approximate surface area is 174 Å². The van der Waals surface area contributed by atoms with E-state index >= 15 is 0 Å². The van der Waals surface area contributed by atoms with Gasteiger partial charge >= 0.3 is 0 Å². The second kappa shape index (κ2) is 8.13. The summed E-state index contributed by atoms with van der Waals surface area (Å²) in [4.78, 5) is 23.1. The van der Waals surface area contributed by atoms with E-state index in [-0.39, 0.29) is 5.91 Å². The van der Waals surface area contributed by atoms with Gasteiger partial charge < -0.3 is 9.80 Å². The van der Waals surface area contributed by atoms with Crippen molar-refractivity contribution in [2.24, 2.45) is 0 Å². The Hall–Kier alpha value is -2.05. The fraction of sp³-hybridized carbons (Fsp3) is 0.364. The molecule has 146 valence electrons. The van der Waals surface area contributed by atoms with Crippen molar-refractivity contribution < 1.29 is 4.79 Å². The van der Waals surface area contributed by atoms with E-state index in [2.05, 4.69) is 61.4 Å². The van der Waals surface area contributed by atoms with Gasteiger partial charge in [0.15, 0.2) is 5.13 Å². The van der Waals surface area contributed by atoms with Crippen molar-refractivity contribution in [3.05, 3.63) is 53.1 Å². The van der Waals surface area contributed by atoms with Crippen molar-refractivity contribution in [1.82, 2.24) is 9.88 Å². The van der Waals surface area contributed by atoms with Crippen LogP contribution in [0.2, 0.25) is 0 Å². The van der Waals surface area contributed by atoms with Gasteiger partial charge in [-0.05, 0) is 55.0 Å². The van der Waals surface area contributed by atoms with E-state index in [0.29, 0.717) is 6.42 Å². The highest BCUT2D eigenvalue weighted by molar-refractivity contribution is 7.98. The molecule has 1 fully saturated rings. The van der Waals surface area contributed by atoms with E-state index in [0.717, 1.165) is 42.4 Å². The largest absolute Gasteiger partial charge is 0.345 e. The number of fused-ring (bicyclic) bond motifs is 1. The van der Waals surface area contributed by atoms with Crippen LogP contribution >= 0.6 is 23.1 Å². The zero-order valence-corrected chi connectivity index (χ0v) is 18.2. The number of piperazine rings is 1. The topological polar surface area (TPSA) is 36.4 Å². The summed E-state index contributed by atoms with van der Waals surface area (Å²) in [5, 5.41) is 1.07. The van der Waals surface area contributed by atoms with Crippen LogP contribution in [0.25, 0.3) is 10.2 Å². The molecule has 1 aromatic heterocycles. The van der Waals surface area contributed by atoms with Gasteiger partial charge in [0.25, 0.3) is 0 Å². The number of aromatic nitrogens is 1. The van der Waals surface area contributed by atoms with Crippen molar-refractivity contribution in [3.8, 4) is 0 Å². The molecule has 0 atom stereocenters. The molecule has 1 saturated heterocycles. The third-order valence-electron chi connectivity index (χ3n) is 5.23. The van der Waals surface area contributed by atoms with Crippen molar-refractivity contribution in [1.29, 1.82) is 0 Å². The highest BCUT2D eigenvalue weighted by Gasteiger charge is 2.23. The maximum absolute atomic E-state index is 12.7. The van der Waals surface area contributed by atoms with Gasteiger partial charge in [0.1, 0.15) is 0 Å². The number of anilines is 1. The number of carbonyl (C=O) groups excluding carboxylic acids is 1. The van der Waals surface area contributed by atoms with Crippen molar-refractivity contribution in [2.45, 2.75) is 25.2 Å². The second-order valence-electron chi connectivity index (χ2n) is 7.32. The lowest BCUT2D eigenvalue weighted by atomic mass is 10.1. The maximum atomic E-state index is 12.7. The summed E-state index contributed by atoms with van der Waals surface area (Å²) in [6, 6.07) is 12.7. The number of hydrogen-bond acceptors (Lipinski definition) is 5. The molecule has 0 spiro atoms. The van der Waals surface area contributed by atoms with E-state index in [4.69, 9.17) is 4.98 Å². The van der Waals surface area contributed by atoms with Crippen molar-refractivity contribution in [2.75, 3.05) is 37.3 Å². The number of thioether (sulfide) groups is 1. The van der Waals surface area contributed by atoms with Gasteiger partial charge in [0.05, 0.1) is 16.6 Å². The number of carbonyl (C=O) groups is 1. The van der Waals surface area contributed by atoms with E-state index in [9.17, 15) is 4.79 Å². The minimum atomic E-state index is 0.215. The minimum Gasteiger partial charge on any atom is -0.345 e. The van der Waals surface area contributed by atoms with Gasteiger partial charge in [-0.1, -0.05) is 29.5 Å². The van der Waals surface area contributed by atoms with Crippen molar-refractivity contribution >= 4 is 44.4 Å². The molecule has 2 aromatic carbocycles. The molecular weight excluding hydrogens is 386 g/mol. The van der Waals surface area contributed by atoms with Gasteiger partial charge in [0, 0.05) is 31.1 Å². The number of hydrogen-bond donors (Lipinski definition) is 0. The van der Waals surface area contributed by atoms with Gasteiger partial charge in [-0.2, -0.15) is 0 Å². The van der Waals surface area contributed by atoms with Crippen LogP contribution in [0.4, 0.5) is 5.13 Å². The Morgan fingerprint density at radius 3 is 2.50 bits per heavy atom. The third-order valence-corrected chi connectivity index (χ3v) is 7.24. The second-order valence-corrected chi connectivity index (χ2v) is 9.18. The molecule has 0 saturated carbocycles. The first-order valence-electron chi connectivity index (χ1n) is 9.57. The lowest BCUT2D eigenvalue weighted by molar-refractivity contribution is -0.130. The molecule has 3 aromatic rings. The zero-order valence-electron chi connectivity index (χ0n) is 16.6. The SMILES string of the molecule is CSc1ccc(CC(=O)N2CCN(c3nc4cc(C)cc(C)c4s3)CC2)cc1. The summed E-state index contributed by atoms with van der Waals surface area (Å²) in [6.07, 6.45) is 2.54. The van der Waals surface area contributed by atoms with Gasteiger partial charge in [0.2, 0.25) is 5.91 Å². The van der Waals surface area contributed by atoms with Crippen molar-refractivity contribution in [3.63, 3.8) is 0 Å². The number of amides is 1. The first-order valence-corrected chi connectivity index (χ1v) is 11.6. The average molecular weight is 412 g/mol. The molecule has 0 aliphatic carbocycles. The summed E-state index contributed by atoms with van der Waals surface area (Å²) in [5.41, 5.74) is 4.72. The molecule has 6 heteroatoms. The molecule has 0 N–H and O–H groups in total. The highest BCUT2D eigenvalue weighted by atomic mass is 32.2. The normalized spacial score (nSPS) is 14.7. The van der Waals surface area contributed by atoms with E-state index in [1.807, 2.05) is 4.90 Å². The van der Waals surface area contributed by atoms with Gasteiger partial charge in [-0.15, -0.1) is 11.8 Å².